The van der Waals surface area contributed by atoms with Crippen LogP contribution in [-0.2, 0) is 4.84 Å². The zero-order valence-corrected chi connectivity index (χ0v) is 10.3. The molecule has 19 heavy (non-hydrogen) atoms. The number of nitrogens with zero attached hydrogens (tertiary/aromatic N) is 1. The number of phenols is 1. The van der Waals surface area contributed by atoms with Crippen LogP contribution in [-0.4, -0.2) is 10.8 Å². The Kier molecular flexibility index (Phi) is 2.83. The summed E-state index contributed by atoms with van der Waals surface area (Å²) in [6, 6.07) is 14.6. The molecule has 2 aromatic rings. The van der Waals surface area contributed by atoms with Gasteiger partial charge in [0, 0.05) is 12.1 Å². The maximum Gasteiger partial charge on any atom is 0.158 e. The van der Waals surface area contributed by atoms with Gasteiger partial charge in [0.15, 0.2) is 6.10 Å². The summed E-state index contributed by atoms with van der Waals surface area (Å²) in [4.78, 5) is 5.46. The highest BCUT2D eigenvalue weighted by Gasteiger charge is 2.23. The number of rotatable bonds is 2. The van der Waals surface area contributed by atoms with Crippen LogP contribution in [0.4, 0.5) is 5.69 Å². The minimum absolute atomic E-state index is 0.0654. The Hall–Kier alpha value is -2.49. The molecule has 0 aromatic heterocycles. The first-order valence-corrected chi connectivity index (χ1v) is 6.10. The Labute approximate surface area is 111 Å². The molecule has 2 aromatic carbocycles. The van der Waals surface area contributed by atoms with Gasteiger partial charge in [-0.05, 0) is 47.5 Å². The van der Waals surface area contributed by atoms with Crippen molar-refractivity contribution in [2.45, 2.75) is 12.5 Å². The molecule has 1 unspecified atom stereocenters. The van der Waals surface area contributed by atoms with Crippen LogP contribution in [0.3, 0.4) is 0 Å². The normalized spacial score (nSPS) is 17.9. The maximum absolute atomic E-state index is 9.27. The highest BCUT2D eigenvalue weighted by molar-refractivity contribution is 6.01. The lowest BCUT2D eigenvalue weighted by Crippen LogP contribution is -2.01. The summed E-state index contributed by atoms with van der Waals surface area (Å²) in [5.74, 6) is 0.248. The molecule has 0 saturated carbocycles. The van der Waals surface area contributed by atoms with Gasteiger partial charge in [-0.2, -0.15) is 0 Å². The zero-order chi connectivity index (χ0) is 13.2. The molecule has 0 bridgehead atoms. The number of benzene rings is 2. The number of oxime groups is 1. The highest BCUT2D eigenvalue weighted by atomic mass is 16.6. The van der Waals surface area contributed by atoms with Gasteiger partial charge in [0.25, 0.3) is 0 Å². The van der Waals surface area contributed by atoms with Crippen LogP contribution >= 0.6 is 0 Å². The second kappa shape index (κ2) is 4.65. The smallest absolute Gasteiger partial charge is 0.158 e. The van der Waals surface area contributed by atoms with Crippen LogP contribution in [0.1, 0.15) is 23.7 Å². The molecule has 3 rings (SSSR count). The molecule has 0 spiro atoms. The largest absolute Gasteiger partial charge is 0.508 e. The van der Waals surface area contributed by atoms with E-state index in [1.54, 1.807) is 12.1 Å². The van der Waals surface area contributed by atoms with E-state index in [4.69, 9.17) is 10.6 Å². The Morgan fingerprint density at radius 1 is 1.05 bits per heavy atom. The molecule has 3 N–H and O–H groups in total. The highest BCUT2D eigenvalue weighted by Crippen LogP contribution is 2.30. The SMILES string of the molecule is Nc1ccc(C2CC(c3ccc(O)cc3)=NO2)cc1. The van der Waals surface area contributed by atoms with E-state index in [9.17, 15) is 5.11 Å². The Morgan fingerprint density at radius 2 is 1.74 bits per heavy atom. The van der Waals surface area contributed by atoms with Gasteiger partial charge in [0.05, 0.1) is 5.71 Å². The predicted molar refractivity (Wildman–Crippen MR) is 73.9 cm³/mol. The van der Waals surface area contributed by atoms with E-state index in [2.05, 4.69) is 5.16 Å². The van der Waals surface area contributed by atoms with Crippen molar-refractivity contribution in [1.29, 1.82) is 0 Å². The minimum atomic E-state index is -0.0654. The summed E-state index contributed by atoms with van der Waals surface area (Å²) in [6.45, 7) is 0. The van der Waals surface area contributed by atoms with Gasteiger partial charge in [-0.15, -0.1) is 0 Å². The fraction of sp³-hybridized carbons (Fsp3) is 0.133. The lowest BCUT2D eigenvalue weighted by atomic mass is 10.0. The fourth-order valence-corrected chi connectivity index (χ4v) is 2.09. The molecule has 0 radical (unpaired) electrons. The third-order valence-electron chi connectivity index (χ3n) is 3.18. The van der Waals surface area contributed by atoms with Gasteiger partial charge in [-0.1, -0.05) is 17.3 Å². The van der Waals surface area contributed by atoms with Crippen molar-refractivity contribution in [2.75, 3.05) is 5.73 Å². The first kappa shape index (κ1) is 11.6. The van der Waals surface area contributed by atoms with Crippen LogP contribution < -0.4 is 5.73 Å². The Balaban J connectivity index is 1.76. The summed E-state index contributed by atoms with van der Waals surface area (Å²) in [5.41, 5.74) is 9.32. The molecule has 1 aliphatic heterocycles. The molecular formula is C15H14N2O2. The average Bonchev–Trinajstić information content (AvgIpc) is 2.90. The van der Waals surface area contributed by atoms with Crippen molar-refractivity contribution in [3.05, 3.63) is 59.7 Å². The number of anilines is 1. The summed E-state index contributed by atoms with van der Waals surface area (Å²) >= 11 is 0. The number of nitrogens with two attached hydrogens (primary N) is 1. The molecule has 0 amide bonds. The third kappa shape index (κ3) is 2.38. The standard InChI is InChI=1S/C15H14N2O2/c16-12-5-1-11(2-6-12)15-9-14(17-19-15)10-3-7-13(18)8-4-10/h1-8,15,18H,9,16H2. The van der Waals surface area contributed by atoms with Crippen molar-refractivity contribution < 1.29 is 9.94 Å². The van der Waals surface area contributed by atoms with Crippen LogP contribution in [0.15, 0.2) is 53.7 Å². The van der Waals surface area contributed by atoms with Gasteiger partial charge in [0.2, 0.25) is 0 Å². The average molecular weight is 254 g/mol. The van der Waals surface area contributed by atoms with E-state index in [1.807, 2.05) is 36.4 Å². The van der Waals surface area contributed by atoms with E-state index in [1.165, 1.54) is 0 Å². The molecule has 0 aliphatic carbocycles. The molecule has 4 heteroatoms. The molecule has 1 atom stereocenters. The molecule has 0 fully saturated rings. The topological polar surface area (TPSA) is 67.8 Å². The van der Waals surface area contributed by atoms with Crippen LogP contribution in [0, 0.1) is 0 Å². The third-order valence-corrected chi connectivity index (χ3v) is 3.18. The second-order valence-corrected chi connectivity index (χ2v) is 4.55. The van der Waals surface area contributed by atoms with Crippen molar-refractivity contribution >= 4 is 11.4 Å². The predicted octanol–water partition coefficient (Wildman–Crippen LogP) is 2.84. The number of phenolic OH excluding ortho intramolecular Hbond substituents is 1. The second-order valence-electron chi connectivity index (χ2n) is 4.55. The molecule has 1 heterocycles. The van der Waals surface area contributed by atoms with Crippen molar-refractivity contribution in [3.63, 3.8) is 0 Å². The zero-order valence-electron chi connectivity index (χ0n) is 10.3. The van der Waals surface area contributed by atoms with Crippen molar-refractivity contribution in [1.82, 2.24) is 0 Å². The van der Waals surface area contributed by atoms with Crippen LogP contribution in [0.2, 0.25) is 0 Å². The number of aromatic hydroxyl groups is 1. The van der Waals surface area contributed by atoms with Crippen LogP contribution in [0.25, 0.3) is 0 Å². The minimum Gasteiger partial charge on any atom is -0.508 e. The lowest BCUT2D eigenvalue weighted by Gasteiger charge is -2.08. The van der Waals surface area contributed by atoms with E-state index >= 15 is 0 Å². The fourth-order valence-electron chi connectivity index (χ4n) is 2.09. The van der Waals surface area contributed by atoms with Gasteiger partial charge in [-0.25, -0.2) is 0 Å². The van der Waals surface area contributed by atoms with E-state index in [0.717, 1.165) is 22.5 Å². The Bertz CT molecular complexity index is 603. The summed E-state index contributed by atoms with van der Waals surface area (Å²) in [6.07, 6.45) is 0.652. The number of hydrogen-bond donors (Lipinski definition) is 2. The van der Waals surface area contributed by atoms with Gasteiger partial charge in [0.1, 0.15) is 5.75 Å². The van der Waals surface area contributed by atoms with Crippen LogP contribution in [0.5, 0.6) is 5.75 Å². The first-order valence-electron chi connectivity index (χ1n) is 6.10. The first-order chi connectivity index (χ1) is 9.22. The number of nitrogen functional groups attached to an aromatic ring is 1. The van der Waals surface area contributed by atoms with E-state index < -0.39 is 0 Å². The van der Waals surface area contributed by atoms with E-state index in [-0.39, 0.29) is 11.9 Å². The molecule has 96 valence electrons. The molecule has 4 nitrogen and oxygen atoms in total. The monoisotopic (exact) mass is 254 g/mol. The quantitative estimate of drug-likeness (QED) is 0.810. The lowest BCUT2D eigenvalue weighted by molar-refractivity contribution is 0.0857. The van der Waals surface area contributed by atoms with Gasteiger partial charge in [-0.3, -0.25) is 0 Å². The van der Waals surface area contributed by atoms with Crippen molar-refractivity contribution in [2.24, 2.45) is 5.16 Å². The van der Waals surface area contributed by atoms with Gasteiger partial charge < -0.3 is 15.7 Å². The maximum atomic E-state index is 9.27. The Morgan fingerprint density at radius 3 is 2.42 bits per heavy atom. The van der Waals surface area contributed by atoms with E-state index in [0.29, 0.717) is 6.42 Å². The molecule has 0 saturated heterocycles. The van der Waals surface area contributed by atoms with Gasteiger partial charge >= 0.3 is 0 Å². The summed E-state index contributed by atoms with van der Waals surface area (Å²) < 4.78 is 0. The molecule has 1 aliphatic rings. The van der Waals surface area contributed by atoms with Crippen molar-refractivity contribution in [3.8, 4) is 5.75 Å². The number of hydrogen-bond acceptors (Lipinski definition) is 4. The summed E-state index contributed by atoms with van der Waals surface area (Å²) in [7, 11) is 0. The molecular weight excluding hydrogens is 240 g/mol. The summed E-state index contributed by atoms with van der Waals surface area (Å²) in [5, 5.41) is 13.4.